The van der Waals surface area contributed by atoms with Gasteiger partial charge in [0.05, 0.1) is 10.5 Å². The summed E-state index contributed by atoms with van der Waals surface area (Å²) in [7, 11) is -3.84. The molecule has 0 unspecified atom stereocenters. The van der Waals surface area contributed by atoms with Gasteiger partial charge in [-0.05, 0) is 30.0 Å². The summed E-state index contributed by atoms with van der Waals surface area (Å²) < 4.78 is 63.7. The summed E-state index contributed by atoms with van der Waals surface area (Å²) >= 11 is 0. The van der Waals surface area contributed by atoms with Crippen LogP contribution in [0.3, 0.4) is 0 Å². The summed E-state index contributed by atoms with van der Waals surface area (Å²) in [6, 6.07) is 2.88. The zero-order chi connectivity index (χ0) is 13.6. The van der Waals surface area contributed by atoms with Crippen molar-refractivity contribution in [1.29, 1.82) is 0 Å². The molecule has 2 rings (SSSR count). The summed E-state index contributed by atoms with van der Waals surface area (Å²) in [5, 5.41) is 0. The molecule has 1 aliphatic rings. The number of rotatable bonds is 0. The van der Waals surface area contributed by atoms with Gasteiger partial charge in [0.15, 0.2) is 0 Å². The molecular formula is C11H12F3NO2S. The first-order chi connectivity index (χ1) is 8.20. The fourth-order valence-electron chi connectivity index (χ4n) is 1.93. The number of hydrogen-bond donors (Lipinski definition) is 1. The van der Waals surface area contributed by atoms with E-state index in [1.165, 1.54) is 6.07 Å². The third-order valence-corrected chi connectivity index (χ3v) is 4.38. The van der Waals surface area contributed by atoms with Crippen molar-refractivity contribution in [3.8, 4) is 0 Å². The van der Waals surface area contributed by atoms with Crippen molar-refractivity contribution in [1.82, 2.24) is 4.72 Å². The van der Waals surface area contributed by atoms with Crippen LogP contribution in [0.2, 0.25) is 0 Å². The zero-order valence-corrected chi connectivity index (χ0v) is 10.4. The lowest BCUT2D eigenvalue weighted by Gasteiger charge is -2.11. The molecule has 100 valence electrons. The minimum absolute atomic E-state index is 0.0535. The van der Waals surface area contributed by atoms with Crippen LogP contribution in [0.5, 0.6) is 0 Å². The lowest BCUT2D eigenvalue weighted by molar-refractivity contribution is -0.137. The molecule has 0 amide bonds. The Hall–Kier alpha value is -1.08. The maximum atomic E-state index is 12.6. The van der Waals surface area contributed by atoms with E-state index in [0.29, 0.717) is 18.1 Å². The van der Waals surface area contributed by atoms with Crippen molar-refractivity contribution < 1.29 is 21.6 Å². The fourth-order valence-corrected chi connectivity index (χ4v) is 3.37. The maximum absolute atomic E-state index is 12.6. The molecule has 1 heterocycles. The SMILES string of the molecule is C[C@@H]1CNS(=O)(=O)c2cc(C(F)(F)F)ccc2C1. The smallest absolute Gasteiger partial charge is 0.211 e. The molecule has 3 nitrogen and oxygen atoms in total. The van der Waals surface area contributed by atoms with E-state index in [0.717, 1.165) is 6.07 Å². The molecule has 0 aromatic heterocycles. The predicted octanol–water partition coefficient (Wildman–Crippen LogP) is 2.18. The Labute approximate surface area is 103 Å². The second-order valence-corrected chi connectivity index (χ2v) is 6.22. The molecule has 0 aliphatic carbocycles. The molecule has 1 aliphatic heterocycles. The largest absolute Gasteiger partial charge is 0.416 e. The van der Waals surface area contributed by atoms with E-state index in [2.05, 4.69) is 4.72 Å². The molecule has 0 saturated carbocycles. The van der Waals surface area contributed by atoms with Gasteiger partial charge in [0.2, 0.25) is 10.0 Å². The lowest BCUT2D eigenvalue weighted by Crippen LogP contribution is -2.26. The second kappa shape index (κ2) is 4.24. The number of nitrogens with one attached hydrogen (secondary N) is 1. The highest BCUT2D eigenvalue weighted by atomic mass is 32.2. The van der Waals surface area contributed by atoms with Crippen LogP contribution in [-0.2, 0) is 22.6 Å². The number of alkyl halides is 3. The first-order valence-corrected chi connectivity index (χ1v) is 6.88. The normalized spacial score (nSPS) is 23.2. The van der Waals surface area contributed by atoms with Gasteiger partial charge < -0.3 is 0 Å². The number of fused-ring (bicyclic) bond motifs is 1. The first kappa shape index (κ1) is 13.4. The van der Waals surface area contributed by atoms with Gasteiger partial charge >= 0.3 is 6.18 Å². The van der Waals surface area contributed by atoms with Crippen molar-refractivity contribution in [2.24, 2.45) is 5.92 Å². The van der Waals surface area contributed by atoms with Crippen molar-refractivity contribution in [2.75, 3.05) is 6.54 Å². The molecule has 0 radical (unpaired) electrons. The van der Waals surface area contributed by atoms with Crippen LogP contribution >= 0.6 is 0 Å². The Bertz CT molecular complexity index is 566. The third-order valence-electron chi connectivity index (χ3n) is 2.87. The van der Waals surface area contributed by atoms with Crippen molar-refractivity contribution in [3.05, 3.63) is 29.3 Å². The van der Waals surface area contributed by atoms with E-state index in [-0.39, 0.29) is 17.4 Å². The van der Waals surface area contributed by atoms with Crippen molar-refractivity contribution in [2.45, 2.75) is 24.4 Å². The van der Waals surface area contributed by atoms with Crippen LogP contribution in [0.15, 0.2) is 23.1 Å². The van der Waals surface area contributed by atoms with Gasteiger partial charge in [-0.3, -0.25) is 0 Å². The van der Waals surface area contributed by atoms with Gasteiger partial charge in [-0.25, -0.2) is 13.1 Å². The van der Waals surface area contributed by atoms with Crippen LogP contribution in [0.4, 0.5) is 13.2 Å². The Morgan fingerprint density at radius 3 is 2.61 bits per heavy atom. The molecule has 0 bridgehead atoms. The Morgan fingerprint density at radius 2 is 2.00 bits per heavy atom. The highest BCUT2D eigenvalue weighted by Gasteiger charge is 2.33. The van der Waals surface area contributed by atoms with E-state index >= 15 is 0 Å². The van der Waals surface area contributed by atoms with Crippen LogP contribution in [0.1, 0.15) is 18.1 Å². The molecule has 1 aromatic carbocycles. The minimum Gasteiger partial charge on any atom is -0.211 e. The summed E-state index contributed by atoms with van der Waals surface area (Å²) in [5.74, 6) is 0.0535. The minimum atomic E-state index is -4.54. The molecular weight excluding hydrogens is 267 g/mol. The average Bonchev–Trinajstić information content (AvgIpc) is 2.35. The van der Waals surface area contributed by atoms with Crippen LogP contribution in [-0.4, -0.2) is 15.0 Å². The van der Waals surface area contributed by atoms with Gasteiger partial charge in [-0.2, -0.15) is 13.2 Å². The number of sulfonamides is 1. The van der Waals surface area contributed by atoms with Gasteiger partial charge in [-0.1, -0.05) is 13.0 Å². The van der Waals surface area contributed by atoms with E-state index in [1.807, 2.05) is 6.92 Å². The summed E-state index contributed by atoms with van der Waals surface area (Å²) in [5.41, 5.74) is -0.512. The van der Waals surface area contributed by atoms with E-state index in [1.54, 1.807) is 0 Å². The van der Waals surface area contributed by atoms with Gasteiger partial charge in [-0.15, -0.1) is 0 Å². The van der Waals surface area contributed by atoms with Crippen molar-refractivity contribution in [3.63, 3.8) is 0 Å². The molecule has 0 saturated heterocycles. The molecule has 7 heteroatoms. The highest BCUT2D eigenvalue weighted by Crippen LogP contribution is 2.33. The van der Waals surface area contributed by atoms with Crippen LogP contribution in [0, 0.1) is 5.92 Å². The third kappa shape index (κ3) is 2.51. The molecule has 18 heavy (non-hydrogen) atoms. The quantitative estimate of drug-likeness (QED) is 0.791. The highest BCUT2D eigenvalue weighted by molar-refractivity contribution is 7.89. The Kier molecular flexibility index (Phi) is 3.14. The zero-order valence-electron chi connectivity index (χ0n) is 9.58. The summed E-state index contributed by atoms with van der Waals surface area (Å²) in [6.07, 6.45) is -4.10. The monoisotopic (exact) mass is 279 g/mol. The lowest BCUT2D eigenvalue weighted by atomic mass is 10.00. The first-order valence-electron chi connectivity index (χ1n) is 5.40. The Morgan fingerprint density at radius 1 is 1.33 bits per heavy atom. The topological polar surface area (TPSA) is 46.2 Å². The molecule has 1 atom stereocenters. The van der Waals surface area contributed by atoms with Gasteiger partial charge in [0.25, 0.3) is 0 Å². The molecule has 0 fully saturated rings. The summed E-state index contributed by atoms with van der Waals surface area (Å²) in [6.45, 7) is 2.08. The van der Waals surface area contributed by atoms with Gasteiger partial charge in [0.1, 0.15) is 0 Å². The molecule has 1 N–H and O–H groups in total. The Balaban J connectivity index is 2.60. The van der Waals surface area contributed by atoms with Gasteiger partial charge in [0, 0.05) is 6.54 Å². The van der Waals surface area contributed by atoms with E-state index < -0.39 is 21.8 Å². The number of hydrogen-bond acceptors (Lipinski definition) is 2. The standard InChI is InChI=1S/C11H12F3NO2S/c1-7-4-8-2-3-9(11(12,13)14)5-10(8)18(16,17)15-6-7/h2-3,5,7,15H,4,6H2,1H3/t7-/m0/s1. The van der Waals surface area contributed by atoms with Crippen LogP contribution < -0.4 is 4.72 Å². The van der Waals surface area contributed by atoms with E-state index in [9.17, 15) is 21.6 Å². The number of halogens is 3. The molecule has 1 aromatic rings. The van der Waals surface area contributed by atoms with Crippen molar-refractivity contribution >= 4 is 10.0 Å². The van der Waals surface area contributed by atoms with E-state index in [4.69, 9.17) is 0 Å². The summed E-state index contributed by atoms with van der Waals surface area (Å²) in [4.78, 5) is -0.262. The molecule has 0 spiro atoms. The fraction of sp³-hybridized carbons (Fsp3) is 0.455. The van der Waals surface area contributed by atoms with Crippen LogP contribution in [0.25, 0.3) is 0 Å². The number of benzene rings is 1. The second-order valence-electron chi connectivity index (χ2n) is 4.48. The average molecular weight is 279 g/mol. The predicted molar refractivity (Wildman–Crippen MR) is 59.5 cm³/mol. The maximum Gasteiger partial charge on any atom is 0.416 e.